The van der Waals surface area contributed by atoms with Crippen LogP contribution in [0.15, 0.2) is 67.9 Å². The van der Waals surface area contributed by atoms with Crippen LogP contribution in [0, 0.1) is 11.6 Å². The van der Waals surface area contributed by atoms with Crippen molar-refractivity contribution >= 4 is 55.0 Å². The monoisotopic (exact) mass is 461 g/mol. The van der Waals surface area contributed by atoms with Crippen molar-refractivity contribution < 1.29 is 18.0 Å². The number of aromatic nitrogens is 1. The number of nitrogens with zero attached hydrogens (tertiary/aromatic N) is 2. The Morgan fingerprint density at radius 2 is 2.04 bits per heavy atom. The standard InChI is InChI=1S/C19H10BrF2N3O2S/c20-11-1-4-16-10(7-11)8-13(17(26)25-19-23-5-6-28-19)18(27-16)24-15-3-2-12(21)9-14(15)22/h1-9H,(H,23,25,26). The highest BCUT2D eigenvalue weighted by molar-refractivity contribution is 9.10. The number of amides is 1. The van der Waals surface area contributed by atoms with Crippen LogP contribution in [0.25, 0.3) is 11.0 Å². The highest BCUT2D eigenvalue weighted by Crippen LogP contribution is 2.22. The summed E-state index contributed by atoms with van der Waals surface area (Å²) in [5, 5.41) is 5.42. The summed E-state index contributed by atoms with van der Waals surface area (Å²) >= 11 is 4.62. The third kappa shape index (κ3) is 3.85. The van der Waals surface area contributed by atoms with Gasteiger partial charge in [-0.15, -0.1) is 11.3 Å². The van der Waals surface area contributed by atoms with E-state index in [1.165, 1.54) is 17.4 Å². The first kappa shape index (κ1) is 18.5. The van der Waals surface area contributed by atoms with Crippen molar-refractivity contribution in [2.75, 3.05) is 5.32 Å². The molecule has 0 atom stereocenters. The Hall–Kier alpha value is -2.91. The number of benzene rings is 2. The van der Waals surface area contributed by atoms with Gasteiger partial charge in [-0.05, 0) is 36.4 Å². The van der Waals surface area contributed by atoms with Gasteiger partial charge in [0.25, 0.3) is 5.91 Å². The molecule has 1 N–H and O–H groups in total. The van der Waals surface area contributed by atoms with E-state index in [1.807, 2.05) is 0 Å². The van der Waals surface area contributed by atoms with Crippen LogP contribution in [0.4, 0.5) is 19.6 Å². The quantitative estimate of drug-likeness (QED) is 0.443. The molecule has 5 nitrogen and oxygen atoms in total. The number of rotatable bonds is 3. The molecule has 1 amide bonds. The maximum atomic E-state index is 14.1. The molecule has 0 fully saturated rings. The minimum Gasteiger partial charge on any atom is -0.438 e. The Morgan fingerprint density at radius 3 is 2.79 bits per heavy atom. The summed E-state index contributed by atoms with van der Waals surface area (Å²) in [5.41, 5.74) is 0.291. The van der Waals surface area contributed by atoms with Crippen molar-refractivity contribution in [2.45, 2.75) is 0 Å². The first-order valence-electron chi connectivity index (χ1n) is 7.93. The van der Waals surface area contributed by atoms with Crippen LogP contribution in [0.5, 0.6) is 0 Å². The van der Waals surface area contributed by atoms with E-state index in [1.54, 1.807) is 35.8 Å². The SMILES string of the molecule is O=C(Nc1nccs1)c1cc2cc(Br)ccc2oc1=Nc1ccc(F)cc1F. The van der Waals surface area contributed by atoms with E-state index in [2.05, 4.69) is 31.2 Å². The fourth-order valence-electron chi connectivity index (χ4n) is 2.48. The summed E-state index contributed by atoms with van der Waals surface area (Å²) in [6, 6.07) is 9.80. The van der Waals surface area contributed by atoms with Crippen molar-refractivity contribution in [3.05, 3.63) is 81.3 Å². The third-order valence-corrected chi connectivity index (χ3v) is 4.92. The zero-order valence-corrected chi connectivity index (χ0v) is 16.4. The second-order valence-corrected chi connectivity index (χ2v) is 7.46. The first-order chi connectivity index (χ1) is 13.5. The molecule has 0 unspecified atom stereocenters. The lowest BCUT2D eigenvalue weighted by molar-refractivity contribution is 0.102. The number of carbonyl (C=O) groups excluding carboxylic acids is 1. The van der Waals surface area contributed by atoms with Crippen LogP contribution in [0.3, 0.4) is 0 Å². The van der Waals surface area contributed by atoms with Gasteiger partial charge in [-0.25, -0.2) is 18.8 Å². The fourth-order valence-corrected chi connectivity index (χ4v) is 3.38. The highest BCUT2D eigenvalue weighted by Gasteiger charge is 2.15. The average molecular weight is 462 g/mol. The first-order valence-corrected chi connectivity index (χ1v) is 9.61. The molecular weight excluding hydrogens is 452 g/mol. The Kier molecular flexibility index (Phi) is 5.01. The number of nitrogens with one attached hydrogen (secondary N) is 1. The number of carbonyl (C=O) groups is 1. The molecule has 0 radical (unpaired) electrons. The summed E-state index contributed by atoms with van der Waals surface area (Å²) in [4.78, 5) is 20.9. The second-order valence-electron chi connectivity index (χ2n) is 5.65. The van der Waals surface area contributed by atoms with E-state index < -0.39 is 17.5 Å². The third-order valence-electron chi connectivity index (χ3n) is 3.74. The van der Waals surface area contributed by atoms with Crippen LogP contribution in [0.1, 0.15) is 10.4 Å². The summed E-state index contributed by atoms with van der Waals surface area (Å²) in [5.74, 6) is -2.10. The summed E-state index contributed by atoms with van der Waals surface area (Å²) < 4.78 is 33.8. The minimum absolute atomic E-state index is 0.0875. The van der Waals surface area contributed by atoms with Crippen molar-refractivity contribution in [2.24, 2.45) is 4.99 Å². The minimum atomic E-state index is -0.864. The van der Waals surface area contributed by atoms with Crippen molar-refractivity contribution in [3.8, 4) is 0 Å². The largest absolute Gasteiger partial charge is 0.438 e. The van der Waals surface area contributed by atoms with Gasteiger partial charge in [-0.3, -0.25) is 10.1 Å². The molecule has 0 aliphatic carbocycles. The van der Waals surface area contributed by atoms with Gasteiger partial charge in [0, 0.05) is 27.5 Å². The van der Waals surface area contributed by atoms with Gasteiger partial charge in [0.1, 0.15) is 22.7 Å². The van der Waals surface area contributed by atoms with Crippen molar-refractivity contribution in [1.82, 2.24) is 4.98 Å². The van der Waals surface area contributed by atoms with Crippen LogP contribution in [0.2, 0.25) is 0 Å². The van der Waals surface area contributed by atoms with E-state index in [-0.39, 0.29) is 16.8 Å². The molecule has 0 saturated heterocycles. The molecule has 2 aromatic heterocycles. The van der Waals surface area contributed by atoms with Gasteiger partial charge in [0.15, 0.2) is 10.9 Å². The number of fused-ring (bicyclic) bond motifs is 1. The molecule has 0 spiro atoms. The average Bonchev–Trinajstić information content (AvgIpc) is 3.16. The molecule has 0 saturated carbocycles. The van der Waals surface area contributed by atoms with Crippen LogP contribution in [-0.2, 0) is 0 Å². The van der Waals surface area contributed by atoms with E-state index in [0.717, 1.165) is 10.5 Å². The predicted molar refractivity (Wildman–Crippen MR) is 106 cm³/mol. The smallest absolute Gasteiger partial charge is 0.262 e. The van der Waals surface area contributed by atoms with E-state index in [0.29, 0.717) is 22.2 Å². The topological polar surface area (TPSA) is 67.5 Å². The van der Waals surface area contributed by atoms with Crippen LogP contribution >= 0.6 is 27.3 Å². The van der Waals surface area contributed by atoms with E-state index >= 15 is 0 Å². The maximum absolute atomic E-state index is 14.1. The second kappa shape index (κ2) is 7.61. The lowest BCUT2D eigenvalue weighted by Crippen LogP contribution is -2.21. The molecule has 0 bridgehead atoms. The molecule has 4 aromatic rings. The van der Waals surface area contributed by atoms with Crippen molar-refractivity contribution in [1.29, 1.82) is 0 Å². The molecule has 0 aliphatic heterocycles. The maximum Gasteiger partial charge on any atom is 0.262 e. The van der Waals surface area contributed by atoms with Crippen LogP contribution in [-0.4, -0.2) is 10.9 Å². The zero-order chi connectivity index (χ0) is 19.7. The highest BCUT2D eigenvalue weighted by atomic mass is 79.9. The molecular formula is C19H10BrF2N3O2S. The van der Waals surface area contributed by atoms with Gasteiger partial charge in [-0.1, -0.05) is 15.9 Å². The molecule has 4 rings (SSSR count). The Balaban J connectivity index is 1.90. The van der Waals surface area contributed by atoms with E-state index in [9.17, 15) is 13.6 Å². The summed E-state index contributed by atoms with van der Waals surface area (Å²) in [7, 11) is 0. The molecule has 140 valence electrons. The normalized spacial score (nSPS) is 11.8. The lowest BCUT2D eigenvalue weighted by Gasteiger charge is -2.06. The lowest BCUT2D eigenvalue weighted by atomic mass is 10.1. The summed E-state index contributed by atoms with van der Waals surface area (Å²) in [6.45, 7) is 0. The number of anilines is 1. The van der Waals surface area contributed by atoms with Gasteiger partial charge < -0.3 is 4.42 Å². The predicted octanol–water partition coefficient (Wildman–Crippen LogP) is 5.41. The molecule has 9 heteroatoms. The number of thiazole rings is 1. The zero-order valence-electron chi connectivity index (χ0n) is 13.9. The fraction of sp³-hybridized carbons (Fsp3) is 0. The van der Waals surface area contributed by atoms with Crippen molar-refractivity contribution in [3.63, 3.8) is 0 Å². The Morgan fingerprint density at radius 1 is 1.18 bits per heavy atom. The van der Waals surface area contributed by atoms with Gasteiger partial charge in [0.05, 0.1) is 0 Å². The van der Waals surface area contributed by atoms with Crippen LogP contribution < -0.4 is 10.9 Å². The Bertz CT molecular complexity index is 1260. The Labute approximate surface area is 169 Å². The molecule has 2 heterocycles. The molecule has 28 heavy (non-hydrogen) atoms. The molecule has 0 aliphatic rings. The number of halogens is 3. The number of hydrogen-bond donors (Lipinski definition) is 1. The van der Waals surface area contributed by atoms with Gasteiger partial charge in [0.2, 0.25) is 5.55 Å². The van der Waals surface area contributed by atoms with Gasteiger partial charge >= 0.3 is 0 Å². The number of hydrogen-bond acceptors (Lipinski definition) is 5. The van der Waals surface area contributed by atoms with Gasteiger partial charge in [-0.2, -0.15) is 0 Å². The van der Waals surface area contributed by atoms with E-state index in [4.69, 9.17) is 4.42 Å². The molecule has 2 aromatic carbocycles. The summed E-state index contributed by atoms with van der Waals surface area (Å²) in [6.07, 6.45) is 1.56.